The molecule has 3 aromatic carbocycles. The van der Waals surface area contributed by atoms with Gasteiger partial charge < -0.3 is 14.5 Å². The predicted octanol–water partition coefficient (Wildman–Crippen LogP) is 6.78. The Morgan fingerprint density at radius 3 is 2.63 bits per heavy atom. The van der Waals surface area contributed by atoms with Crippen LogP contribution in [0.4, 0.5) is 5.69 Å². The van der Waals surface area contributed by atoms with E-state index in [-0.39, 0.29) is 28.3 Å². The van der Waals surface area contributed by atoms with Crippen molar-refractivity contribution in [3.8, 4) is 17.2 Å². The highest BCUT2D eigenvalue weighted by Crippen LogP contribution is 2.34. The summed E-state index contributed by atoms with van der Waals surface area (Å²) in [6.07, 6.45) is 0. The second-order valence-corrected chi connectivity index (χ2v) is 7.83. The number of nitrogens with zero attached hydrogens (tertiary/aromatic N) is 1. The highest BCUT2D eigenvalue weighted by Gasteiger charge is 2.12. The molecule has 1 aromatic heterocycles. The minimum atomic E-state index is -0.362. The fraction of sp³-hybridized carbons (Fsp3) is 0.0909. The Balaban J connectivity index is 1.46. The third-order valence-electron chi connectivity index (χ3n) is 4.27. The molecule has 0 fully saturated rings. The largest absolute Gasteiger partial charge is 0.482 e. The van der Waals surface area contributed by atoms with E-state index in [1.165, 1.54) is 12.1 Å². The van der Waals surface area contributed by atoms with Gasteiger partial charge in [0.2, 0.25) is 5.89 Å². The van der Waals surface area contributed by atoms with E-state index >= 15 is 0 Å². The number of halogens is 3. The zero-order valence-electron chi connectivity index (χ0n) is 15.7. The van der Waals surface area contributed by atoms with E-state index in [0.717, 1.165) is 11.1 Å². The molecular formula is C22H15Cl3N2O3. The van der Waals surface area contributed by atoms with Crippen molar-refractivity contribution in [3.05, 3.63) is 75.2 Å². The summed E-state index contributed by atoms with van der Waals surface area (Å²) in [4.78, 5) is 16.8. The third kappa shape index (κ3) is 4.54. The van der Waals surface area contributed by atoms with Crippen LogP contribution in [0.25, 0.3) is 22.6 Å². The van der Waals surface area contributed by atoms with Crippen LogP contribution in [0.15, 0.2) is 59.0 Å². The molecule has 5 nitrogen and oxygen atoms in total. The van der Waals surface area contributed by atoms with Gasteiger partial charge in [-0.15, -0.1) is 0 Å². The summed E-state index contributed by atoms with van der Waals surface area (Å²) >= 11 is 17.9. The number of oxazole rings is 1. The summed E-state index contributed by atoms with van der Waals surface area (Å²) in [6.45, 7) is 1.76. The van der Waals surface area contributed by atoms with Crippen LogP contribution in [0.2, 0.25) is 15.1 Å². The molecule has 1 N–H and O–H groups in total. The van der Waals surface area contributed by atoms with Crippen molar-refractivity contribution >= 4 is 57.5 Å². The number of ether oxygens (including phenoxy) is 1. The van der Waals surface area contributed by atoms with Crippen LogP contribution in [0, 0.1) is 6.92 Å². The molecule has 0 saturated carbocycles. The molecule has 0 aliphatic carbocycles. The molecule has 0 aliphatic rings. The smallest absolute Gasteiger partial charge is 0.262 e. The third-order valence-corrected chi connectivity index (χ3v) is 5.29. The average molecular weight is 462 g/mol. The molecule has 0 unspecified atom stereocenters. The van der Waals surface area contributed by atoms with Crippen LogP contribution in [-0.2, 0) is 4.79 Å². The lowest BCUT2D eigenvalue weighted by Crippen LogP contribution is -2.20. The monoisotopic (exact) mass is 460 g/mol. The second kappa shape index (κ2) is 8.56. The number of fused-ring (bicyclic) bond motifs is 1. The van der Waals surface area contributed by atoms with E-state index in [1.54, 1.807) is 18.2 Å². The summed E-state index contributed by atoms with van der Waals surface area (Å²) in [5, 5.41) is 3.63. The highest BCUT2D eigenvalue weighted by molar-refractivity contribution is 6.43. The van der Waals surface area contributed by atoms with Gasteiger partial charge in [-0.25, -0.2) is 4.98 Å². The lowest BCUT2D eigenvalue weighted by Gasteiger charge is -2.09. The number of carbonyl (C=O) groups is 1. The van der Waals surface area contributed by atoms with Crippen molar-refractivity contribution in [1.29, 1.82) is 0 Å². The van der Waals surface area contributed by atoms with E-state index in [1.807, 2.05) is 31.2 Å². The zero-order chi connectivity index (χ0) is 21.3. The Morgan fingerprint density at radius 2 is 1.83 bits per heavy atom. The maximum Gasteiger partial charge on any atom is 0.262 e. The van der Waals surface area contributed by atoms with Crippen molar-refractivity contribution in [2.45, 2.75) is 6.92 Å². The molecule has 0 saturated heterocycles. The molecule has 0 spiro atoms. The minimum absolute atomic E-state index is 0.247. The molecule has 4 aromatic rings. The van der Waals surface area contributed by atoms with Gasteiger partial charge in [0, 0.05) is 17.3 Å². The Kier molecular flexibility index (Phi) is 5.86. The standard InChI is InChI=1S/C22H15Cl3N2O3/c1-12-3-2-4-13(7-12)22-27-18-8-14(5-6-19(18)30-22)26-21(28)11-29-20-10-16(24)15(23)9-17(20)25/h2-10H,11H2,1H3,(H,26,28). The van der Waals surface area contributed by atoms with Crippen LogP contribution in [0.5, 0.6) is 5.75 Å². The Labute approximate surface area is 187 Å². The molecule has 1 heterocycles. The SMILES string of the molecule is Cc1cccc(-c2nc3cc(NC(=O)COc4cc(Cl)c(Cl)cc4Cl)ccc3o2)c1. The molecule has 152 valence electrons. The predicted molar refractivity (Wildman–Crippen MR) is 120 cm³/mol. The lowest BCUT2D eigenvalue weighted by molar-refractivity contribution is -0.118. The number of hydrogen-bond acceptors (Lipinski definition) is 4. The van der Waals surface area contributed by atoms with Gasteiger partial charge in [0.1, 0.15) is 11.3 Å². The molecule has 0 radical (unpaired) electrons. The van der Waals surface area contributed by atoms with Gasteiger partial charge in [0.15, 0.2) is 12.2 Å². The number of nitrogens with one attached hydrogen (secondary N) is 1. The quantitative estimate of drug-likeness (QED) is 0.333. The molecule has 0 aliphatic heterocycles. The van der Waals surface area contributed by atoms with Crippen molar-refractivity contribution in [2.75, 3.05) is 11.9 Å². The second-order valence-electron chi connectivity index (χ2n) is 6.60. The van der Waals surface area contributed by atoms with Crippen LogP contribution >= 0.6 is 34.8 Å². The van der Waals surface area contributed by atoms with Gasteiger partial charge in [-0.05, 0) is 43.3 Å². The van der Waals surface area contributed by atoms with E-state index in [4.69, 9.17) is 44.0 Å². The van der Waals surface area contributed by atoms with E-state index < -0.39 is 0 Å². The molecular weight excluding hydrogens is 447 g/mol. The first-order valence-corrected chi connectivity index (χ1v) is 10.1. The zero-order valence-corrected chi connectivity index (χ0v) is 18.0. The number of benzene rings is 3. The average Bonchev–Trinajstić information content (AvgIpc) is 3.13. The van der Waals surface area contributed by atoms with Crippen molar-refractivity contribution < 1.29 is 13.9 Å². The molecule has 1 amide bonds. The Morgan fingerprint density at radius 1 is 1.03 bits per heavy atom. The summed E-state index contributed by atoms with van der Waals surface area (Å²) in [6, 6.07) is 16.0. The number of aromatic nitrogens is 1. The van der Waals surface area contributed by atoms with Gasteiger partial charge in [0.05, 0.1) is 15.1 Å². The molecule has 0 bridgehead atoms. The summed E-state index contributed by atoms with van der Waals surface area (Å²) in [7, 11) is 0. The van der Waals surface area contributed by atoms with Gasteiger partial charge in [0.25, 0.3) is 5.91 Å². The number of rotatable bonds is 5. The van der Waals surface area contributed by atoms with Crippen LogP contribution in [0.1, 0.15) is 5.56 Å². The molecule has 0 atom stereocenters. The number of carbonyl (C=O) groups excluding carboxylic acids is 1. The molecule has 8 heteroatoms. The summed E-state index contributed by atoms with van der Waals surface area (Å²) in [5.74, 6) is 0.435. The fourth-order valence-corrected chi connectivity index (χ4v) is 3.45. The van der Waals surface area contributed by atoms with Crippen molar-refractivity contribution in [1.82, 2.24) is 4.98 Å². The van der Waals surface area contributed by atoms with E-state index in [9.17, 15) is 4.79 Å². The minimum Gasteiger partial charge on any atom is -0.482 e. The number of anilines is 1. The van der Waals surface area contributed by atoms with Gasteiger partial charge in [-0.2, -0.15) is 0 Å². The van der Waals surface area contributed by atoms with E-state index in [0.29, 0.717) is 27.7 Å². The van der Waals surface area contributed by atoms with Gasteiger partial charge in [-0.1, -0.05) is 52.5 Å². The van der Waals surface area contributed by atoms with Crippen LogP contribution in [-0.4, -0.2) is 17.5 Å². The van der Waals surface area contributed by atoms with Crippen LogP contribution < -0.4 is 10.1 Å². The van der Waals surface area contributed by atoms with Gasteiger partial charge in [-0.3, -0.25) is 4.79 Å². The van der Waals surface area contributed by atoms with Crippen molar-refractivity contribution in [3.63, 3.8) is 0 Å². The topological polar surface area (TPSA) is 64.4 Å². The fourth-order valence-electron chi connectivity index (χ4n) is 2.86. The number of aryl methyl sites for hydroxylation is 1. The first kappa shape index (κ1) is 20.5. The van der Waals surface area contributed by atoms with Gasteiger partial charge >= 0.3 is 0 Å². The molecule has 30 heavy (non-hydrogen) atoms. The number of amides is 1. The van der Waals surface area contributed by atoms with E-state index in [2.05, 4.69) is 10.3 Å². The Bertz CT molecular complexity index is 1250. The lowest BCUT2D eigenvalue weighted by atomic mass is 10.1. The summed E-state index contributed by atoms with van der Waals surface area (Å²) in [5.41, 5.74) is 3.84. The highest BCUT2D eigenvalue weighted by atomic mass is 35.5. The summed E-state index contributed by atoms with van der Waals surface area (Å²) < 4.78 is 11.3. The molecule has 4 rings (SSSR count). The maximum absolute atomic E-state index is 12.3. The first-order valence-electron chi connectivity index (χ1n) is 8.94. The Hall–Kier alpha value is -2.73. The maximum atomic E-state index is 12.3. The van der Waals surface area contributed by atoms with Crippen LogP contribution in [0.3, 0.4) is 0 Å². The first-order chi connectivity index (χ1) is 14.4. The van der Waals surface area contributed by atoms with Crippen molar-refractivity contribution in [2.24, 2.45) is 0 Å². The number of hydrogen-bond donors (Lipinski definition) is 1. The normalized spacial score (nSPS) is 10.9.